The van der Waals surface area contributed by atoms with Gasteiger partial charge in [0.05, 0.1) is 0 Å². The zero-order chi connectivity index (χ0) is 19.9. The van der Waals surface area contributed by atoms with Crippen LogP contribution in [-0.2, 0) is 0 Å². The minimum absolute atomic E-state index is 0.216. The summed E-state index contributed by atoms with van der Waals surface area (Å²) in [4.78, 5) is 28.1. The van der Waals surface area contributed by atoms with E-state index in [0.717, 1.165) is 63.0 Å². The van der Waals surface area contributed by atoms with Crippen molar-refractivity contribution in [2.75, 3.05) is 60.9 Å². The first-order valence-corrected chi connectivity index (χ1v) is 10.1. The van der Waals surface area contributed by atoms with Gasteiger partial charge in [-0.25, -0.2) is 9.97 Å². The summed E-state index contributed by atoms with van der Waals surface area (Å²) in [5, 5.41) is 2.93. The minimum atomic E-state index is -0.216. The standard InChI is InChI=1S/C21H30N6O/c1-4-25-11-13-27(14-12-25)20-15-19(22-16-23-20)21(28)24-17-7-9-18(10-8-17)26(5-2)6-3/h7-10,15-16H,4-6,11-14H2,1-3H3,(H,24,28). The molecule has 0 saturated carbocycles. The average Bonchev–Trinajstić information content (AvgIpc) is 2.76. The van der Waals surface area contributed by atoms with E-state index >= 15 is 0 Å². The third kappa shape index (κ3) is 4.78. The van der Waals surface area contributed by atoms with E-state index in [1.54, 1.807) is 6.07 Å². The Balaban J connectivity index is 1.65. The Morgan fingerprint density at radius 2 is 1.71 bits per heavy atom. The Kier molecular flexibility index (Phi) is 6.81. The van der Waals surface area contributed by atoms with E-state index in [1.165, 1.54) is 6.33 Å². The van der Waals surface area contributed by atoms with Crippen molar-refractivity contribution in [3.8, 4) is 0 Å². The van der Waals surface area contributed by atoms with E-state index in [1.807, 2.05) is 24.3 Å². The molecule has 1 aromatic carbocycles. The number of hydrogen-bond donors (Lipinski definition) is 1. The third-order valence-electron chi connectivity index (χ3n) is 5.28. The van der Waals surface area contributed by atoms with Crippen LogP contribution in [0, 0.1) is 0 Å². The maximum atomic E-state index is 12.6. The molecule has 0 atom stereocenters. The number of aromatic nitrogens is 2. The van der Waals surface area contributed by atoms with Gasteiger partial charge in [-0.2, -0.15) is 0 Å². The highest BCUT2D eigenvalue weighted by Crippen LogP contribution is 2.19. The Morgan fingerprint density at radius 1 is 1.04 bits per heavy atom. The Bertz CT molecular complexity index is 767. The number of carbonyl (C=O) groups is 1. The predicted molar refractivity (Wildman–Crippen MR) is 114 cm³/mol. The van der Waals surface area contributed by atoms with Gasteiger partial charge >= 0.3 is 0 Å². The lowest BCUT2D eigenvalue weighted by atomic mass is 10.2. The number of rotatable bonds is 7. The highest BCUT2D eigenvalue weighted by Gasteiger charge is 2.18. The Morgan fingerprint density at radius 3 is 2.32 bits per heavy atom. The lowest BCUT2D eigenvalue weighted by molar-refractivity contribution is 0.102. The molecule has 1 N–H and O–H groups in total. The molecule has 1 amide bonds. The van der Waals surface area contributed by atoms with Gasteiger partial charge in [0.15, 0.2) is 0 Å². The van der Waals surface area contributed by atoms with E-state index in [4.69, 9.17) is 0 Å². The van der Waals surface area contributed by atoms with Crippen LogP contribution < -0.4 is 15.1 Å². The molecule has 2 aromatic rings. The maximum absolute atomic E-state index is 12.6. The van der Waals surface area contributed by atoms with Gasteiger partial charge in [0.2, 0.25) is 0 Å². The fraction of sp³-hybridized carbons (Fsp3) is 0.476. The van der Waals surface area contributed by atoms with Crippen LogP contribution >= 0.6 is 0 Å². The van der Waals surface area contributed by atoms with Crippen molar-refractivity contribution >= 4 is 23.1 Å². The van der Waals surface area contributed by atoms with Crippen LogP contribution in [0.4, 0.5) is 17.2 Å². The summed E-state index contributed by atoms with van der Waals surface area (Å²) < 4.78 is 0. The summed E-state index contributed by atoms with van der Waals surface area (Å²) in [6.07, 6.45) is 1.47. The number of piperazine rings is 1. The zero-order valence-corrected chi connectivity index (χ0v) is 17.1. The molecule has 0 bridgehead atoms. The molecule has 0 unspecified atom stereocenters. The molecule has 7 nitrogen and oxygen atoms in total. The fourth-order valence-corrected chi connectivity index (χ4v) is 3.48. The average molecular weight is 383 g/mol. The molecule has 0 aliphatic carbocycles. The summed E-state index contributed by atoms with van der Waals surface area (Å²) in [6.45, 7) is 13.3. The van der Waals surface area contributed by atoms with Gasteiger partial charge in [0.1, 0.15) is 17.8 Å². The highest BCUT2D eigenvalue weighted by molar-refractivity contribution is 6.03. The number of anilines is 3. The summed E-state index contributed by atoms with van der Waals surface area (Å²) >= 11 is 0. The SMILES string of the molecule is CCN1CCN(c2cc(C(=O)Nc3ccc(N(CC)CC)cc3)ncn2)CC1. The van der Waals surface area contributed by atoms with Gasteiger partial charge in [-0.05, 0) is 44.7 Å². The van der Waals surface area contributed by atoms with Gasteiger partial charge in [0.25, 0.3) is 5.91 Å². The second-order valence-electron chi connectivity index (χ2n) is 6.86. The van der Waals surface area contributed by atoms with Crippen molar-refractivity contribution in [3.63, 3.8) is 0 Å². The summed E-state index contributed by atoms with van der Waals surface area (Å²) in [5.74, 6) is 0.596. The van der Waals surface area contributed by atoms with E-state index in [0.29, 0.717) is 5.69 Å². The van der Waals surface area contributed by atoms with Crippen LogP contribution in [-0.4, -0.2) is 66.6 Å². The Hall–Kier alpha value is -2.67. The molecule has 3 rings (SSSR count). The quantitative estimate of drug-likeness (QED) is 0.794. The third-order valence-corrected chi connectivity index (χ3v) is 5.28. The van der Waals surface area contributed by atoms with Crippen LogP contribution in [0.5, 0.6) is 0 Å². The van der Waals surface area contributed by atoms with Gasteiger partial charge < -0.3 is 20.0 Å². The lowest BCUT2D eigenvalue weighted by Gasteiger charge is -2.34. The number of amides is 1. The molecule has 150 valence electrons. The summed E-state index contributed by atoms with van der Waals surface area (Å²) in [6, 6.07) is 9.69. The van der Waals surface area contributed by atoms with Crippen LogP contribution in [0.25, 0.3) is 0 Å². The van der Waals surface area contributed by atoms with Crippen molar-refractivity contribution in [2.45, 2.75) is 20.8 Å². The molecule has 2 heterocycles. The molecular formula is C21H30N6O. The van der Waals surface area contributed by atoms with Crippen molar-refractivity contribution in [3.05, 3.63) is 42.4 Å². The largest absolute Gasteiger partial charge is 0.372 e. The Labute approximate surface area is 167 Å². The van der Waals surface area contributed by atoms with Crippen LogP contribution in [0.2, 0.25) is 0 Å². The zero-order valence-electron chi connectivity index (χ0n) is 17.1. The van der Waals surface area contributed by atoms with E-state index in [-0.39, 0.29) is 5.91 Å². The van der Waals surface area contributed by atoms with E-state index in [2.05, 4.69) is 50.8 Å². The monoisotopic (exact) mass is 382 g/mol. The highest BCUT2D eigenvalue weighted by atomic mass is 16.1. The van der Waals surface area contributed by atoms with Crippen LogP contribution in [0.3, 0.4) is 0 Å². The molecule has 1 aromatic heterocycles. The first kappa shape index (κ1) is 20.1. The molecule has 7 heteroatoms. The molecule has 1 aliphatic heterocycles. The smallest absolute Gasteiger partial charge is 0.274 e. The number of benzene rings is 1. The van der Waals surface area contributed by atoms with Crippen molar-refractivity contribution < 1.29 is 4.79 Å². The maximum Gasteiger partial charge on any atom is 0.274 e. The number of likely N-dealkylation sites (N-methyl/N-ethyl adjacent to an activating group) is 1. The van der Waals surface area contributed by atoms with Gasteiger partial charge in [-0.3, -0.25) is 4.79 Å². The molecule has 0 spiro atoms. The number of nitrogens with one attached hydrogen (secondary N) is 1. The number of nitrogens with zero attached hydrogens (tertiary/aromatic N) is 5. The summed E-state index contributed by atoms with van der Waals surface area (Å²) in [7, 11) is 0. The van der Waals surface area contributed by atoms with E-state index < -0.39 is 0 Å². The van der Waals surface area contributed by atoms with Crippen LogP contribution in [0.15, 0.2) is 36.7 Å². The van der Waals surface area contributed by atoms with Gasteiger partial charge in [-0.1, -0.05) is 6.92 Å². The first-order chi connectivity index (χ1) is 13.6. The second kappa shape index (κ2) is 9.50. The van der Waals surface area contributed by atoms with Gasteiger partial charge in [0, 0.05) is 56.7 Å². The summed E-state index contributed by atoms with van der Waals surface area (Å²) in [5.41, 5.74) is 2.30. The van der Waals surface area contributed by atoms with E-state index in [9.17, 15) is 4.79 Å². The molecular weight excluding hydrogens is 352 g/mol. The van der Waals surface area contributed by atoms with Crippen molar-refractivity contribution in [1.82, 2.24) is 14.9 Å². The topological polar surface area (TPSA) is 64.6 Å². The molecule has 1 saturated heterocycles. The molecule has 1 fully saturated rings. The van der Waals surface area contributed by atoms with Crippen LogP contribution in [0.1, 0.15) is 31.3 Å². The first-order valence-electron chi connectivity index (χ1n) is 10.1. The molecule has 0 radical (unpaired) electrons. The van der Waals surface area contributed by atoms with Crippen molar-refractivity contribution in [1.29, 1.82) is 0 Å². The van der Waals surface area contributed by atoms with Crippen molar-refractivity contribution in [2.24, 2.45) is 0 Å². The molecule has 1 aliphatic rings. The number of carbonyl (C=O) groups excluding carboxylic acids is 1. The predicted octanol–water partition coefficient (Wildman–Crippen LogP) is 2.72. The normalized spacial score (nSPS) is 14.8. The lowest BCUT2D eigenvalue weighted by Crippen LogP contribution is -2.46. The molecule has 28 heavy (non-hydrogen) atoms. The minimum Gasteiger partial charge on any atom is -0.372 e. The van der Waals surface area contributed by atoms with Gasteiger partial charge in [-0.15, -0.1) is 0 Å². The number of hydrogen-bond acceptors (Lipinski definition) is 6. The fourth-order valence-electron chi connectivity index (χ4n) is 3.48. The second-order valence-corrected chi connectivity index (χ2v) is 6.86.